The number of nitrogens with one attached hydrogen (secondary N) is 1. The molecule has 0 aliphatic carbocycles. The number of allylic oxidation sites excluding steroid dienone is 1. The van der Waals surface area contributed by atoms with Crippen molar-refractivity contribution in [3.63, 3.8) is 0 Å². The summed E-state index contributed by atoms with van der Waals surface area (Å²) < 4.78 is 78.8. The summed E-state index contributed by atoms with van der Waals surface area (Å²) in [4.78, 5) is 0. The van der Waals surface area contributed by atoms with Gasteiger partial charge in [0.1, 0.15) is 23.5 Å². The third kappa shape index (κ3) is 5.79. The molecule has 0 unspecified atom stereocenters. The molecule has 1 aromatic carbocycles. The van der Waals surface area contributed by atoms with E-state index in [0.29, 0.717) is 18.2 Å². The Balaban J connectivity index is 3.17. The highest BCUT2D eigenvalue weighted by Gasteiger charge is 2.32. The molecule has 0 fully saturated rings. The van der Waals surface area contributed by atoms with E-state index in [1.807, 2.05) is 0 Å². The van der Waals surface area contributed by atoms with Gasteiger partial charge in [-0.3, -0.25) is 0 Å². The summed E-state index contributed by atoms with van der Waals surface area (Å²) in [6.45, 7) is -1.71. The van der Waals surface area contributed by atoms with Crippen LogP contribution in [0.3, 0.4) is 0 Å². The summed E-state index contributed by atoms with van der Waals surface area (Å²) in [5.41, 5.74) is -2.08. The van der Waals surface area contributed by atoms with Gasteiger partial charge in [0.25, 0.3) is 0 Å². The number of hydrogen-bond donors (Lipinski definition) is 1. The van der Waals surface area contributed by atoms with Crippen LogP contribution in [0.1, 0.15) is 5.56 Å². The molecule has 0 bridgehead atoms. The molecule has 0 aromatic heterocycles. The van der Waals surface area contributed by atoms with Crippen molar-refractivity contribution in [2.24, 2.45) is 0 Å². The third-order valence-electron chi connectivity index (χ3n) is 2.31. The van der Waals surface area contributed by atoms with Gasteiger partial charge in [-0.2, -0.15) is 36.9 Å². The summed E-state index contributed by atoms with van der Waals surface area (Å²) in [6, 6.07) is 4.65. The second kappa shape index (κ2) is 6.92. The number of rotatable bonds is 4. The van der Waals surface area contributed by atoms with Crippen molar-refractivity contribution in [2.45, 2.75) is 12.4 Å². The normalized spacial score (nSPS) is 11.1. The number of ether oxygens (including phenoxy) is 1. The Labute approximate surface area is 126 Å². The monoisotopic (exact) mass is 335 g/mol. The standard InChI is InChI=1S/C13H7F6N3O/c14-12(15,16)7-23-11-2-1-9(13(17,18)19)3-10(11)22-6-8(4-20)5-21/h1-3,6,22H,7H2. The highest BCUT2D eigenvalue weighted by molar-refractivity contribution is 5.61. The molecule has 0 spiro atoms. The maximum atomic E-state index is 12.6. The van der Waals surface area contributed by atoms with Crippen molar-refractivity contribution in [2.75, 3.05) is 11.9 Å². The van der Waals surface area contributed by atoms with Crippen LogP contribution in [0.15, 0.2) is 30.0 Å². The second-order valence-corrected chi connectivity index (χ2v) is 4.04. The summed E-state index contributed by atoms with van der Waals surface area (Å²) in [6.07, 6.45) is -8.65. The van der Waals surface area contributed by atoms with Crippen LogP contribution in [-0.4, -0.2) is 12.8 Å². The highest BCUT2D eigenvalue weighted by Crippen LogP contribution is 2.35. The van der Waals surface area contributed by atoms with Gasteiger partial charge in [-0.05, 0) is 18.2 Å². The predicted octanol–water partition coefficient (Wildman–Crippen LogP) is 3.99. The van der Waals surface area contributed by atoms with Crippen molar-refractivity contribution >= 4 is 5.69 Å². The molecule has 0 amide bonds. The zero-order valence-corrected chi connectivity index (χ0v) is 11.1. The van der Waals surface area contributed by atoms with Gasteiger partial charge >= 0.3 is 12.4 Å². The van der Waals surface area contributed by atoms with E-state index in [9.17, 15) is 26.3 Å². The number of anilines is 1. The molecule has 0 atom stereocenters. The quantitative estimate of drug-likeness (QED) is 0.667. The molecule has 0 radical (unpaired) electrons. The maximum absolute atomic E-state index is 12.6. The van der Waals surface area contributed by atoms with Gasteiger partial charge < -0.3 is 10.1 Å². The summed E-state index contributed by atoms with van der Waals surface area (Å²) in [5.74, 6) is -0.512. The average molecular weight is 335 g/mol. The van der Waals surface area contributed by atoms with Gasteiger partial charge in [-0.1, -0.05) is 0 Å². The minimum atomic E-state index is -4.73. The lowest BCUT2D eigenvalue weighted by atomic mass is 10.1. The number of alkyl halides is 6. The number of nitriles is 2. The molecule has 23 heavy (non-hydrogen) atoms. The molecule has 0 saturated heterocycles. The maximum Gasteiger partial charge on any atom is 0.422 e. The number of nitrogens with zero attached hydrogens (tertiary/aromatic N) is 2. The summed E-state index contributed by atoms with van der Waals surface area (Å²) in [7, 11) is 0. The first-order valence-electron chi connectivity index (χ1n) is 5.74. The SMILES string of the molecule is N#CC(C#N)=CNc1cc(C(F)(F)F)ccc1OCC(F)(F)F. The first-order valence-corrected chi connectivity index (χ1v) is 5.74. The van der Waals surface area contributed by atoms with E-state index in [2.05, 4.69) is 10.1 Å². The van der Waals surface area contributed by atoms with Gasteiger partial charge in [-0.25, -0.2) is 0 Å². The second-order valence-electron chi connectivity index (χ2n) is 4.04. The third-order valence-corrected chi connectivity index (χ3v) is 2.31. The Morgan fingerprint density at radius 2 is 1.74 bits per heavy atom. The van der Waals surface area contributed by atoms with E-state index in [1.165, 1.54) is 12.1 Å². The van der Waals surface area contributed by atoms with Crippen molar-refractivity contribution in [3.05, 3.63) is 35.5 Å². The summed E-state index contributed by atoms with van der Waals surface area (Å²) in [5, 5.41) is 19.2. The van der Waals surface area contributed by atoms with Crippen molar-refractivity contribution in [3.8, 4) is 17.9 Å². The summed E-state index contributed by atoms with van der Waals surface area (Å²) >= 11 is 0. The predicted molar refractivity (Wildman–Crippen MR) is 65.9 cm³/mol. The first kappa shape index (κ1) is 18.2. The number of halogens is 6. The molecular formula is C13H7F6N3O. The smallest absolute Gasteiger partial charge is 0.422 e. The molecule has 122 valence electrons. The Morgan fingerprint density at radius 3 is 2.22 bits per heavy atom. The minimum absolute atomic E-state index is 0.466. The van der Waals surface area contributed by atoms with Gasteiger partial charge in [-0.15, -0.1) is 0 Å². The molecule has 4 nitrogen and oxygen atoms in total. The van der Waals surface area contributed by atoms with Gasteiger partial charge in [0.05, 0.1) is 11.3 Å². The fourth-order valence-electron chi connectivity index (χ4n) is 1.34. The number of benzene rings is 1. The Kier molecular flexibility index (Phi) is 5.47. The van der Waals surface area contributed by atoms with Crippen molar-refractivity contribution in [1.82, 2.24) is 0 Å². The molecule has 0 aliphatic rings. The van der Waals surface area contributed by atoms with E-state index < -0.39 is 41.5 Å². The highest BCUT2D eigenvalue weighted by atomic mass is 19.4. The molecular weight excluding hydrogens is 328 g/mol. The van der Waals surface area contributed by atoms with Crippen molar-refractivity contribution < 1.29 is 31.1 Å². The van der Waals surface area contributed by atoms with Gasteiger partial charge in [0, 0.05) is 6.20 Å². The van der Waals surface area contributed by atoms with Crippen LogP contribution in [0, 0.1) is 22.7 Å². The Hall–Kier alpha value is -2.88. The topological polar surface area (TPSA) is 68.8 Å². The van der Waals surface area contributed by atoms with E-state index in [-0.39, 0.29) is 0 Å². The van der Waals surface area contributed by atoms with E-state index in [0.717, 1.165) is 6.20 Å². The molecule has 1 N–H and O–H groups in total. The van der Waals surface area contributed by atoms with Crippen LogP contribution in [0.2, 0.25) is 0 Å². The molecule has 0 aliphatic heterocycles. The Morgan fingerprint density at radius 1 is 1.13 bits per heavy atom. The molecule has 0 saturated carbocycles. The first-order chi connectivity index (χ1) is 10.6. The Bertz CT molecular complexity index is 663. The molecule has 0 heterocycles. The lowest BCUT2D eigenvalue weighted by Crippen LogP contribution is -2.19. The average Bonchev–Trinajstić information content (AvgIpc) is 2.44. The molecule has 1 aromatic rings. The number of hydrogen-bond acceptors (Lipinski definition) is 4. The van der Waals surface area contributed by atoms with Crippen LogP contribution >= 0.6 is 0 Å². The lowest BCUT2D eigenvalue weighted by molar-refractivity contribution is -0.153. The largest absolute Gasteiger partial charge is 0.482 e. The van der Waals surface area contributed by atoms with Crippen LogP contribution in [0.4, 0.5) is 32.0 Å². The molecule has 1 rings (SSSR count). The fraction of sp³-hybridized carbons (Fsp3) is 0.231. The van der Waals surface area contributed by atoms with Crippen molar-refractivity contribution in [1.29, 1.82) is 10.5 Å². The van der Waals surface area contributed by atoms with Gasteiger partial charge in [0.15, 0.2) is 6.61 Å². The van der Waals surface area contributed by atoms with Gasteiger partial charge in [0.2, 0.25) is 0 Å². The van der Waals surface area contributed by atoms with E-state index in [1.54, 1.807) is 0 Å². The van der Waals surface area contributed by atoms with Crippen LogP contribution in [0.5, 0.6) is 5.75 Å². The van der Waals surface area contributed by atoms with Crippen LogP contribution < -0.4 is 10.1 Å². The minimum Gasteiger partial charge on any atom is -0.482 e. The molecule has 10 heteroatoms. The zero-order valence-electron chi connectivity index (χ0n) is 11.1. The van der Waals surface area contributed by atoms with E-state index in [4.69, 9.17) is 10.5 Å². The van der Waals surface area contributed by atoms with E-state index >= 15 is 0 Å². The lowest BCUT2D eigenvalue weighted by Gasteiger charge is -2.15. The fourth-order valence-corrected chi connectivity index (χ4v) is 1.34. The van der Waals surface area contributed by atoms with Crippen LogP contribution in [0.25, 0.3) is 0 Å². The zero-order chi connectivity index (χ0) is 17.7. The van der Waals surface area contributed by atoms with Crippen LogP contribution in [-0.2, 0) is 6.18 Å².